The number of aromatic hydroxyl groups is 1. The molecule has 0 bridgehead atoms. The van der Waals surface area contributed by atoms with Crippen LogP contribution in [0.5, 0.6) is 5.75 Å². The van der Waals surface area contributed by atoms with Crippen LogP contribution < -0.4 is 0 Å². The SMILES string of the molecule is Cc1cc(C)c(-c2n[nH]c3c2C(c2ccc(Cl)c(Cl)c2)N(CCCO)C3=O)c(O)c1. The number of aromatic amines is 1. The number of phenols is 1. The molecule has 2 heterocycles. The first kappa shape index (κ1) is 20.7. The Morgan fingerprint density at radius 1 is 1.17 bits per heavy atom. The highest BCUT2D eigenvalue weighted by Crippen LogP contribution is 2.46. The number of carbonyl (C=O) groups is 1. The number of halogens is 2. The highest BCUT2D eigenvalue weighted by molar-refractivity contribution is 6.42. The van der Waals surface area contributed by atoms with Gasteiger partial charge in [0.2, 0.25) is 0 Å². The van der Waals surface area contributed by atoms with Gasteiger partial charge >= 0.3 is 0 Å². The minimum atomic E-state index is -0.470. The highest BCUT2D eigenvalue weighted by Gasteiger charge is 2.42. The van der Waals surface area contributed by atoms with Crippen molar-refractivity contribution in [3.8, 4) is 17.0 Å². The fourth-order valence-electron chi connectivity index (χ4n) is 4.14. The first-order valence-electron chi connectivity index (χ1n) is 9.59. The predicted octanol–water partition coefficient (Wildman–Crippen LogP) is 4.63. The number of benzene rings is 2. The lowest BCUT2D eigenvalue weighted by Gasteiger charge is -2.26. The van der Waals surface area contributed by atoms with E-state index in [-0.39, 0.29) is 18.3 Å². The highest BCUT2D eigenvalue weighted by atomic mass is 35.5. The number of fused-ring (bicyclic) bond motifs is 1. The smallest absolute Gasteiger partial charge is 0.273 e. The van der Waals surface area contributed by atoms with Crippen molar-refractivity contribution >= 4 is 29.1 Å². The lowest BCUT2D eigenvalue weighted by molar-refractivity contribution is 0.0732. The number of aromatic nitrogens is 2. The molecular weight excluding hydrogens is 425 g/mol. The molecule has 0 saturated heterocycles. The van der Waals surface area contributed by atoms with E-state index in [1.807, 2.05) is 26.0 Å². The molecule has 8 heteroatoms. The van der Waals surface area contributed by atoms with Gasteiger partial charge < -0.3 is 15.1 Å². The maximum Gasteiger partial charge on any atom is 0.273 e. The molecule has 1 atom stereocenters. The summed E-state index contributed by atoms with van der Waals surface area (Å²) in [7, 11) is 0. The Kier molecular flexibility index (Phi) is 5.49. The molecular formula is C22H21Cl2N3O3. The summed E-state index contributed by atoms with van der Waals surface area (Å²) in [5.74, 6) is -0.103. The van der Waals surface area contributed by atoms with Crippen LogP contribution in [0.2, 0.25) is 10.0 Å². The second-order valence-corrected chi connectivity index (χ2v) is 8.30. The monoisotopic (exact) mass is 445 g/mol. The van der Waals surface area contributed by atoms with Gasteiger partial charge in [0, 0.05) is 24.3 Å². The van der Waals surface area contributed by atoms with E-state index in [4.69, 9.17) is 23.2 Å². The van der Waals surface area contributed by atoms with Crippen molar-refractivity contribution in [2.45, 2.75) is 26.3 Å². The second-order valence-electron chi connectivity index (χ2n) is 7.49. The third-order valence-corrected chi connectivity index (χ3v) is 6.12. The fraction of sp³-hybridized carbons (Fsp3) is 0.273. The number of rotatable bonds is 5. The summed E-state index contributed by atoms with van der Waals surface area (Å²) >= 11 is 12.4. The maximum absolute atomic E-state index is 13.2. The fourth-order valence-corrected chi connectivity index (χ4v) is 4.45. The van der Waals surface area contributed by atoms with E-state index in [1.54, 1.807) is 23.1 Å². The van der Waals surface area contributed by atoms with Crippen LogP contribution in [0.25, 0.3) is 11.3 Å². The largest absolute Gasteiger partial charge is 0.507 e. The Morgan fingerprint density at radius 2 is 1.93 bits per heavy atom. The molecule has 0 radical (unpaired) electrons. The molecule has 1 aliphatic heterocycles. The van der Waals surface area contributed by atoms with Gasteiger partial charge in [-0.05, 0) is 55.2 Å². The number of nitrogens with zero attached hydrogens (tertiary/aromatic N) is 2. The lowest BCUT2D eigenvalue weighted by Crippen LogP contribution is -2.31. The van der Waals surface area contributed by atoms with Crippen LogP contribution in [0.1, 0.15) is 45.2 Å². The summed E-state index contributed by atoms with van der Waals surface area (Å²) in [4.78, 5) is 14.8. The number of hydrogen-bond donors (Lipinski definition) is 3. The van der Waals surface area contributed by atoms with Crippen LogP contribution in [-0.2, 0) is 0 Å². The second kappa shape index (κ2) is 7.95. The number of amides is 1. The summed E-state index contributed by atoms with van der Waals surface area (Å²) in [5, 5.41) is 28.1. The third kappa shape index (κ3) is 3.35. The number of phenolic OH excluding ortho intramolecular Hbond substituents is 1. The van der Waals surface area contributed by atoms with Crippen LogP contribution in [0.15, 0.2) is 30.3 Å². The maximum atomic E-state index is 13.2. The van der Waals surface area contributed by atoms with Gasteiger partial charge in [0.15, 0.2) is 0 Å². The average Bonchev–Trinajstić information content (AvgIpc) is 3.21. The predicted molar refractivity (Wildman–Crippen MR) is 116 cm³/mol. The van der Waals surface area contributed by atoms with Crippen LogP contribution in [0.4, 0.5) is 0 Å². The number of carbonyl (C=O) groups excluding carboxylic acids is 1. The van der Waals surface area contributed by atoms with Crippen molar-refractivity contribution in [1.29, 1.82) is 0 Å². The van der Waals surface area contributed by atoms with Crippen molar-refractivity contribution in [3.63, 3.8) is 0 Å². The molecule has 30 heavy (non-hydrogen) atoms. The summed E-state index contributed by atoms with van der Waals surface area (Å²) in [6.07, 6.45) is 0.436. The van der Waals surface area contributed by atoms with Gasteiger partial charge in [0.05, 0.1) is 16.1 Å². The topological polar surface area (TPSA) is 89.5 Å². The number of aliphatic hydroxyl groups excluding tert-OH is 1. The van der Waals surface area contributed by atoms with E-state index in [0.29, 0.717) is 45.5 Å². The van der Waals surface area contributed by atoms with Gasteiger partial charge in [0.25, 0.3) is 5.91 Å². The Hall–Kier alpha value is -2.54. The van der Waals surface area contributed by atoms with Gasteiger partial charge in [-0.1, -0.05) is 35.3 Å². The van der Waals surface area contributed by atoms with Gasteiger partial charge in [0.1, 0.15) is 17.1 Å². The van der Waals surface area contributed by atoms with Crippen LogP contribution in [-0.4, -0.2) is 44.4 Å². The van der Waals surface area contributed by atoms with Crippen LogP contribution in [0, 0.1) is 13.8 Å². The summed E-state index contributed by atoms with van der Waals surface area (Å²) < 4.78 is 0. The summed E-state index contributed by atoms with van der Waals surface area (Å²) in [6, 6.07) is 8.43. The summed E-state index contributed by atoms with van der Waals surface area (Å²) in [5.41, 5.74) is 4.73. The molecule has 3 aromatic rings. The van der Waals surface area contributed by atoms with Crippen LogP contribution in [0.3, 0.4) is 0 Å². The zero-order chi connectivity index (χ0) is 21.6. The molecule has 156 valence electrons. The molecule has 0 saturated carbocycles. The molecule has 1 unspecified atom stereocenters. The summed E-state index contributed by atoms with van der Waals surface area (Å²) in [6.45, 7) is 4.14. The Labute approximate surface area is 184 Å². The van der Waals surface area contributed by atoms with Gasteiger partial charge in [-0.2, -0.15) is 5.10 Å². The molecule has 4 rings (SSSR count). The van der Waals surface area contributed by atoms with E-state index in [1.165, 1.54) is 0 Å². The van der Waals surface area contributed by atoms with E-state index in [2.05, 4.69) is 10.2 Å². The van der Waals surface area contributed by atoms with Crippen molar-refractivity contribution in [1.82, 2.24) is 15.1 Å². The van der Waals surface area contributed by atoms with E-state index < -0.39 is 6.04 Å². The first-order valence-corrected chi connectivity index (χ1v) is 10.3. The van der Waals surface area contributed by atoms with Crippen molar-refractivity contribution < 1.29 is 15.0 Å². The lowest BCUT2D eigenvalue weighted by atomic mass is 9.93. The van der Waals surface area contributed by atoms with Crippen molar-refractivity contribution in [3.05, 3.63) is 68.3 Å². The van der Waals surface area contributed by atoms with E-state index in [9.17, 15) is 15.0 Å². The zero-order valence-electron chi connectivity index (χ0n) is 16.5. The number of aryl methyl sites for hydroxylation is 2. The Morgan fingerprint density at radius 3 is 2.60 bits per heavy atom. The minimum Gasteiger partial charge on any atom is -0.507 e. The van der Waals surface area contributed by atoms with Crippen molar-refractivity contribution in [2.24, 2.45) is 0 Å². The molecule has 2 aromatic carbocycles. The van der Waals surface area contributed by atoms with Crippen molar-refractivity contribution in [2.75, 3.05) is 13.2 Å². The molecule has 1 amide bonds. The number of aliphatic hydroxyl groups is 1. The first-order chi connectivity index (χ1) is 14.3. The third-order valence-electron chi connectivity index (χ3n) is 5.38. The quantitative estimate of drug-likeness (QED) is 0.533. The molecule has 1 aliphatic rings. The van der Waals surface area contributed by atoms with Gasteiger partial charge in [-0.15, -0.1) is 0 Å². The average molecular weight is 446 g/mol. The standard InChI is InChI=1S/C22H21Cl2N3O3/c1-11-8-12(2)17(16(29)9-11)19-18-20(26-25-19)22(30)27(6-3-7-28)21(18)13-4-5-14(23)15(24)10-13/h4-5,8-10,21,28-29H,3,6-7H2,1-2H3,(H,25,26). The number of nitrogens with one attached hydrogen (secondary N) is 1. The zero-order valence-corrected chi connectivity index (χ0v) is 18.1. The van der Waals surface area contributed by atoms with E-state index in [0.717, 1.165) is 16.7 Å². The molecule has 3 N–H and O–H groups in total. The van der Waals surface area contributed by atoms with E-state index >= 15 is 0 Å². The molecule has 0 aliphatic carbocycles. The number of hydrogen-bond acceptors (Lipinski definition) is 4. The Bertz CT molecular complexity index is 1120. The van der Waals surface area contributed by atoms with Gasteiger partial charge in [-0.25, -0.2) is 0 Å². The molecule has 1 aromatic heterocycles. The number of H-pyrrole nitrogens is 1. The molecule has 0 spiro atoms. The van der Waals surface area contributed by atoms with Crippen LogP contribution >= 0.6 is 23.2 Å². The van der Waals surface area contributed by atoms with Gasteiger partial charge in [-0.3, -0.25) is 9.89 Å². The minimum absolute atomic E-state index is 0.0330. The molecule has 6 nitrogen and oxygen atoms in total. The molecule has 0 fully saturated rings. The normalized spacial score (nSPS) is 15.7. The Balaban J connectivity index is 1.93.